The number of aromatic nitrogens is 2. The molecule has 0 unspecified atom stereocenters. The van der Waals surface area contributed by atoms with E-state index >= 15 is 0 Å². The minimum Gasteiger partial charge on any atom is -0.366 e. The molecule has 0 radical (unpaired) electrons. The summed E-state index contributed by atoms with van der Waals surface area (Å²) in [4.78, 5) is 10.6. The average molecular weight is 322 g/mol. The first-order valence-electron chi connectivity index (χ1n) is 7.77. The number of halogens is 1. The van der Waals surface area contributed by atoms with E-state index < -0.39 is 0 Å². The lowest BCUT2D eigenvalue weighted by molar-refractivity contribution is 0.613. The number of benzene rings is 2. The van der Waals surface area contributed by atoms with E-state index in [9.17, 15) is 4.39 Å². The second-order valence-corrected chi connectivity index (χ2v) is 5.55. The van der Waals surface area contributed by atoms with Crippen LogP contribution in [-0.4, -0.2) is 17.0 Å². The largest absolute Gasteiger partial charge is 0.366 e. The Kier molecular flexibility index (Phi) is 5.01. The molecule has 2 aromatic carbocycles. The minimum atomic E-state index is -0.222. The van der Waals surface area contributed by atoms with Gasteiger partial charge >= 0.3 is 0 Å². The molecule has 3 rings (SSSR count). The summed E-state index contributed by atoms with van der Waals surface area (Å²) in [6.07, 6.45) is 1.51. The Balaban J connectivity index is 1.66. The first kappa shape index (κ1) is 15.9. The molecule has 0 spiro atoms. The summed E-state index contributed by atoms with van der Waals surface area (Å²) in [5.41, 5.74) is 1.81. The van der Waals surface area contributed by atoms with E-state index in [1.807, 2.05) is 42.3 Å². The molecule has 5 heteroatoms. The van der Waals surface area contributed by atoms with E-state index in [1.54, 1.807) is 12.1 Å². The van der Waals surface area contributed by atoms with Crippen LogP contribution in [0, 0.1) is 5.82 Å². The zero-order valence-corrected chi connectivity index (χ0v) is 13.5. The summed E-state index contributed by atoms with van der Waals surface area (Å²) in [7, 11) is 1.98. The third-order valence-electron chi connectivity index (χ3n) is 3.72. The molecule has 0 saturated carbocycles. The molecule has 0 saturated heterocycles. The standard InChI is InChI=1S/C19H19FN4/c1-24(13-15-7-3-2-4-8-15)19-11-18(22-14-23-19)21-12-16-9-5-6-10-17(16)20/h2-11,14H,12-13H2,1H3,(H,21,22,23). The molecule has 3 aromatic rings. The molecule has 122 valence electrons. The van der Waals surface area contributed by atoms with Gasteiger partial charge in [-0.3, -0.25) is 0 Å². The first-order valence-corrected chi connectivity index (χ1v) is 7.77. The Morgan fingerprint density at radius 3 is 2.54 bits per heavy atom. The van der Waals surface area contributed by atoms with Crippen molar-refractivity contribution in [3.63, 3.8) is 0 Å². The molecule has 0 bridgehead atoms. The van der Waals surface area contributed by atoms with E-state index in [1.165, 1.54) is 18.0 Å². The van der Waals surface area contributed by atoms with Crippen molar-refractivity contribution in [1.82, 2.24) is 9.97 Å². The smallest absolute Gasteiger partial charge is 0.134 e. The Hall–Kier alpha value is -2.95. The highest BCUT2D eigenvalue weighted by Gasteiger charge is 2.06. The maximum atomic E-state index is 13.7. The van der Waals surface area contributed by atoms with Crippen molar-refractivity contribution in [2.75, 3.05) is 17.3 Å². The number of rotatable bonds is 6. The zero-order valence-electron chi connectivity index (χ0n) is 13.5. The Bertz CT molecular complexity index is 792. The van der Waals surface area contributed by atoms with Gasteiger partial charge in [-0.15, -0.1) is 0 Å². The molecular formula is C19H19FN4. The van der Waals surface area contributed by atoms with E-state index in [0.29, 0.717) is 17.9 Å². The van der Waals surface area contributed by atoms with Crippen LogP contribution < -0.4 is 10.2 Å². The fraction of sp³-hybridized carbons (Fsp3) is 0.158. The zero-order chi connectivity index (χ0) is 16.8. The van der Waals surface area contributed by atoms with E-state index in [0.717, 1.165) is 12.4 Å². The predicted molar refractivity (Wildman–Crippen MR) is 94.3 cm³/mol. The van der Waals surface area contributed by atoms with Crippen LogP contribution in [0.5, 0.6) is 0 Å². The molecule has 1 aromatic heterocycles. The lowest BCUT2D eigenvalue weighted by Crippen LogP contribution is -2.18. The SMILES string of the molecule is CN(Cc1ccccc1)c1cc(NCc2ccccc2F)ncn1. The van der Waals surface area contributed by atoms with Crippen molar-refractivity contribution in [1.29, 1.82) is 0 Å². The molecule has 1 N–H and O–H groups in total. The van der Waals surface area contributed by atoms with Crippen molar-refractivity contribution in [3.05, 3.63) is 83.9 Å². The highest BCUT2D eigenvalue weighted by molar-refractivity contribution is 5.48. The monoisotopic (exact) mass is 322 g/mol. The van der Waals surface area contributed by atoms with Crippen LogP contribution in [0.1, 0.15) is 11.1 Å². The predicted octanol–water partition coefficient (Wildman–Crippen LogP) is 3.86. The molecule has 0 aliphatic rings. The lowest BCUT2D eigenvalue weighted by atomic mass is 10.2. The third kappa shape index (κ3) is 4.07. The van der Waals surface area contributed by atoms with Gasteiger partial charge in [0.25, 0.3) is 0 Å². The van der Waals surface area contributed by atoms with Gasteiger partial charge < -0.3 is 10.2 Å². The third-order valence-corrected chi connectivity index (χ3v) is 3.72. The van der Waals surface area contributed by atoms with Crippen molar-refractivity contribution in [2.24, 2.45) is 0 Å². The highest BCUT2D eigenvalue weighted by Crippen LogP contribution is 2.16. The summed E-state index contributed by atoms with van der Waals surface area (Å²) in [5.74, 6) is 1.26. The molecule has 4 nitrogen and oxygen atoms in total. The van der Waals surface area contributed by atoms with Crippen molar-refractivity contribution < 1.29 is 4.39 Å². The van der Waals surface area contributed by atoms with Gasteiger partial charge in [-0.2, -0.15) is 0 Å². The van der Waals surface area contributed by atoms with Gasteiger partial charge in [0.05, 0.1) is 0 Å². The van der Waals surface area contributed by atoms with Crippen LogP contribution in [0.4, 0.5) is 16.0 Å². The van der Waals surface area contributed by atoms with Crippen LogP contribution >= 0.6 is 0 Å². The van der Waals surface area contributed by atoms with Gasteiger partial charge in [-0.05, 0) is 11.6 Å². The topological polar surface area (TPSA) is 41.0 Å². The second-order valence-electron chi connectivity index (χ2n) is 5.55. The number of hydrogen-bond acceptors (Lipinski definition) is 4. The van der Waals surface area contributed by atoms with E-state index in [2.05, 4.69) is 27.4 Å². The molecule has 0 fully saturated rings. The lowest BCUT2D eigenvalue weighted by Gasteiger charge is -2.18. The van der Waals surface area contributed by atoms with Crippen molar-refractivity contribution >= 4 is 11.6 Å². The van der Waals surface area contributed by atoms with Gasteiger partial charge in [0.2, 0.25) is 0 Å². The molecule has 24 heavy (non-hydrogen) atoms. The Morgan fingerprint density at radius 2 is 1.75 bits per heavy atom. The number of nitrogens with zero attached hydrogens (tertiary/aromatic N) is 3. The van der Waals surface area contributed by atoms with Crippen LogP contribution in [0.15, 0.2) is 67.0 Å². The maximum Gasteiger partial charge on any atom is 0.134 e. The summed E-state index contributed by atoms with van der Waals surface area (Å²) in [6, 6.07) is 18.8. The van der Waals surface area contributed by atoms with Gasteiger partial charge in [0.1, 0.15) is 23.8 Å². The van der Waals surface area contributed by atoms with Crippen LogP contribution in [-0.2, 0) is 13.1 Å². The normalized spacial score (nSPS) is 10.4. The maximum absolute atomic E-state index is 13.7. The van der Waals surface area contributed by atoms with Crippen molar-refractivity contribution in [3.8, 4) is 0 Å². The summed E-state index contributed by atoms with van der Waals surface area (Å²) < 4.78 is 13.7. The fourth-order valence-electron chi connectivity index (χ4n) is 2.42. The summed E-state index contributed by atoms with van der Waals surface area (Å²) >= 11 is 0. The summed E-state index contributed by atoms with van der Waals surface area (Å²) in [5, 5.41) is 3.14. The van der Waals surface area contributed by atoms with Crippen LogP contribution in [0.2, 0.25) is 0 Å². The number of hydrogen-bond donors (Lipinski definition) is 1. The molecular weight excluding hydrogens is 303 g/mol. The number of anilines is 2. The second kappa shape index (κ2) is 7.55. The van der Waals surface area contributed by atoms with Gasteiger partial charge in [-0.25, -0.2) is 14.4 Å². The first-order chi connectivity index (χ1) is 11.7. The van der Waals surface area contributed by atoms with E-state index in [-0.39, 0.29) is 5.82 Å². The molecule has 0 atom stereocenters. The van der Waals surface area contributed by atoms with Gasteiger partial charge in [-0.1, -0.05) is 48.5 Å². The fourth-order valence-corrected chi connectivity index (χ4v) is 2.42. The summed E-state index contributed by atoms with van der Waals surface area (Å²) in [6.45, 7) is 1.14. The van der Waals surface area contributed by atoms with E-state index in [4.69, 9.17) is 0 Å². The average Bonchev–Trinajstić information content (AvgIpc) is 2.62. The van der Waals surface area contributed by atoms with Gasteiger partial charge in [0.15, 0.2) is 0 Å². The quantitative estimate of drug-likeness (QED) is 0.748. The Morgan fingerprint density at radius 1 is 1.00 bits per heavy atom. The van der Waals surface area contributed by atoms with Crippen LogP contribution in [0.25, 0.3) is 0 Å². The molecule has 0 amide bonds. The number of nitrogens with one attached hydrogen (secondary N) is 1. The Labute approximate surface area is 141 Å². The van der Waals surface area contributed by atoms with Crippen molar-refractivity contribution in [2.45, 2.75) is 13.1 Å². The minimum absolute atomic E-state index is 0.222. The molecule has 0 aliphatic carbocycles. The van der Waals surface area contributed by atoms with Gasteiger partial charge in [0, 0.05) is 31.8 Å². The van der Waals surface area contributed by atoms with Crippen LogP contribution in [0.3, 0.4) is 0 Å². The molecule has 0 aliphatic heterocycles. The molecule has 1 heterocycles. The highest BCUT2D eigenvalue weighted by atomic mass is 19.1.